The van der Waals surface area contributed by atoms with Crippen LogP contribution in [0.25, 0.3) is 0 Å². The standard InChI is InChI=1S/C24H25FN6O/c1-16(27)19-8-9-20(23(25)24(19)29-18-6-4-5-17(13-18)14-26)31-12-11-30(15-22(31)32)21-7-2-3-10-28-21/h2-10,13,27,29H,11-12,14-15,26H2,1H3. The van der Waals surface area contributed by atoms with Crippen LogP contribution in [0.1, 0.15) is 18.1 Å². The highest BCUT2D eigenvalue weighted by atomic mass is 19.1. The first-order valence-corrected chi connectivity index (χ1v) is 10.4. The van der Waals surface area contributed by atoms with Crippen LogP contribution in [0.2, 0.25) is 0 Å². The number of halogens is 1. The van der Waals surface area contributed by atoms with E-state index in [-0.39, 0.29) is 29.5 Å². The molecule has 2 heterocycles. The molecule has 0 unspecified atom stereocenters. The molecule has 0 aliphatic carbocycles. The van der Waals surface area contributed by atoms with E-state index in [9.17, 15) is 4.79 Å². The summed E-state index contributed by atoms with van der Waals surface area (Å²) in [7, 11) is 0. The van der Waals surface area contributed by atoms with Crippen molar-refractivity contribution < 1.29 is 9.18 Å². The molecule has 32 heavy (non-hydrogen) atoms. The Bertz CT molecular complexity index is 1150. The lowest BCUT2D eigenvalue weighted by molar-refractivity contribution is -0.118. The van der Waals surface area contributed by atoms with Crippen LogP contribution in [0.15, 0.2) is 60.8 Å². The monoisotopic (exact) mass is 432 g/mol. The van der Waals surface area contributed by atoms with Crippen molar-refractivity contribution in [2.24, 2.45) is 5.73 Å². The Kier molecular flexibility index (Phi) is 6.13. The van der Waals surface area contributed by atoms with E-state index >= 15 is 4.39 Å². The lowest BCUT2D eigenvalue weighted by Crippen LogP contribution is -2.51. The van der Waals surface area contributed by atoms with Crippen LogP contribution in [0.4, 0.5) is 27.3 Å². The Morgan fingerprint density at radius 2 is 2.03 bits per heavy atom. The maximum Gasteiger partial charge on any atom is 0.246 e. The highest BCUT2D eigenvalue weighted by Gasteiger charge is 2.29. The first-order valence-electron chi connectivity index (χ1n) is 10.4. The molecule has 1 aliphatic heterocycles. The molecule has 0 bridgehead atoms. The number of rotatable bonds is 6. The van der Waals surface area contributed by atoms with E-state index in [0.29, 0.717) is 30.9 Å². The van der Waals surface area contributed by atoms with E-state index in [2.05, 4.69) is 10.3 Å². The molecule has 4 rings (SSSR count). The first-order chi connectivity index (χ1) is 15.5. The summed E-state index contributed by atoms with van der Waals surface area (Å²) in [5, 5.41) is 11.2. The molecule has 164 valence electrons. The van der Waals surface area contributed by atoms with Crippen molar-refractivity contribution in [3.05, 3.63) is 77.7 Å². The Labute approximate surface area is 186 Å². The van der Waals surface area contributed by atoms with Gasteiger partial charge in [0.1, 0.15) is 5.82 Å². The van der Waals surface area contributed by atoms with Gasteiger partial charge in [0.05, 0.1) is 17.9 Å². The molecule has 4 N–H and O–H groups in total. The summed E-state index contributed by atoms with van der Waals surface area (Å²) < 4.78 is 15.7. The minimum atomic E-state index is -0.563. The zero-order valence-corrected chi connectivity index (χ0v) is 17.8. The van der Waals surface area contributed by atoms with Gasteiger partial charge in [-0.3, -0.25) is 4.79 Å². The highest BCUT2D eigenvalue weighted by Crippen LogP contribution is 2.33. The number of anilines is 4. The number of amides is 1. The number of benzene rings is 2. The lowest BCUT2D eigenvalue weighted by Gasteiger charge is -2.35. The van der Waals surface area contributed by atoms with Crippen LogP contribution in [0.5, 0.6) is 0 Å². The minimum Gasteiger partial charge on any atom is -0.353 e. The molecule has 8 heteroatoms. The summed E-state index contributed by atoms with van der Waals surface area (Å²) in [6, 6.07) is 16.2. The number of hydrogen-bond donors (Lipinski definition) is 3. The maximum absolute atomic E-state index is 15.7. The van der Waals surface area contributed by atoms with Gasteiger partial charge in [0, 0.05) is 42.8 Å². The van der Waals surface area contributed by atoms with Crippen molar-refractivity contribution in [3.8, 4) is 0 Å². The quantitative estimate of drug-likeness (QED) is 0.517. The summed E-state index contributed by atoms with van der Waals surface area (Å²) in [5.74, 6) is -0.0546. The first kappa shape index (κ1) is 21.5. The van der Waals surface area contributed by atoms with Gasteiger partial charge >= 0.3 is 0 Å². The molecule has 0 radical (unpaired) electrons. The average Bonchev–Trinajstić information content (AvgIpc) is 2.81. The van der Waals surface area contributed by atoms with Crippen LogP contribution in [-0.4, -0.2) is 36.2 Å². The number of carbonyl (C=O) groups is 1. The largest absolute Gasteiger partial charge is 0.353 e. The van der Waals surface area contributed by atoms with Crippen molar-refractivity contribution in [1.29, 1.82) is 5.41 Å². The zero-order valence-electron chi connectivity index (χ0n) is 17.8. The van der Waals surface area contributed by atoms with Gasteiger partial charge in [0.25, 0.3) is 0 Å². The number of nitrogens with zero attached hydrogens (tertiary/aromatic N) is 3. The molecule has 1 fully saturated rings. The van der Waals surface area contributed by atoms with Gasteiger partial charge < -0.3 is 26.3 Å². The van der Waals surface area contributed by atoms with Gasteiger partial charge in [-0.25, -0.2) is 9.37 Å². The van der Waals surface area contributed by atoms with Crippen LogP contribution < -0.4 is 20.9 Å². The smallest absolute Gasteiger partial charge is 0.246 e. The Morgan fingerprint density at radius 3 is 2.72 bits per heavy atom. The number of pyridine rings is 1. The van der Waals surface area contributed by atoms with Crippen molar-refractivity contribution >= 4 is 34.5 Å². The van der Waals surface area contributed by atoms with E-state index in [4.69, 9.17) is 11.1 Å². The number of aromatic nitrogens is 1. The summed E-state index contributed by atoms with van der Waals surface area (Å²) in [4.78, 5) is 20.5. The van der Waals surface area contributed by atoms with E-state index < -0.39 is 5.82 Å². The summed E-state index contributed by atoms with van der Waals surface area (Å²) in [6.45, 7) is 2.95. The fourth-order valence-corrected chi connectivity index (χ4v) is 3.79. The number of nitrogens with two attached hydrogens (primary N) is 1. The second kappa shape index (κ2) is 9.15. The minimum absolute atomic E-state index is 0.114. The fraction of sp³-hybridized carbons (Fsp3) is 0.208. The van der Waals surface area contributed by atoms with Crippen LogP contribution in [0.3, 0.4) is 0 Å². The third-order valence-corrected chi connectivity index (χ3v) is 5.44. The maximum atomic E-state index is 15.7. The van der Waals surface area contributed by atoms with Crippen molar-refractivity contribution in [1.82, 2.24) is 4.98 Å². The molecule has 7 nitrogen and oxygen atoms in total. The normalized spacial score (nSPS) is 13.9. The molecule has 0 atom stereocenters. The Hall–Kier alpha value is -3.78. The molecular formula is C24H25FN6O. The second-order valence-corrected chi connectivity index (χ2v) is 7.63. The van der Waals surface area contributed by atoms with Gasteiger partial charge in [0.15, 0.2) is 5.82 Å². The lowest BCUT2D eigenvalue weighted by atomic mass is 10.1. The van der Waals surface area contributed by atoms with Gasteiger partial charge in [-0.2, -0.15) is 0 Å². The highest BCUT2D eigenvalue weighted by molar-refractivity contribution is 6.04. The van der Waals surface area contributed by atoms with Gasteiger partial charge in [-0.15, -0.1) is 0 Å². The van der Waals surface area contributed by atoms with E-state index in [0.717, 1.165) is 11.4 Å². The SMILES string of the molecule is CC(=N)c1ccc(N2CCN(c3ccccn3)CC2=O)c(F)c1Nc1cccc(CN)c1. The summed E-state index contributed by atoms with van der Waals surface area (Å²) in [5.41, 5.74) is 8.31. The molecule has 1 saturated heterocycles. The van der Waals surface area contributed by atoms with Crippen molar-refractivity contribution in [2.75, 3.05) is 34.8 Å². The molecule has 2 aromatic carbocycles. The number of piperazine rings is 1. The van der Waals surface area contributed by atoms with Crippen molar-refractivity contribution in [2.45, 2.75) is 13.5 Å². The summed E-state index contributed by atoms with van der Waals surface area (Å²) in [6.07, 6.45) is 1.68. The van der Waals surface area contributed by atoms with Crippen LogP contribution in [0, 0.1) is 11.2 Å². The second-order valence-electron chi connectivity index (χ2n) is 7.63. The van der Waals surface area contributed by atoms with E-state index in [1.807, 2.05) is 47.4 Å². The van der Waals surface area contributed by atoms with Crippen LogP contribution >= 0.6 is 0 Å². The molecule has 1 amide bonds. The Balaban J connectivity index is 1.64. The zero-order chi connectivity index (χ0) is 22.7. The molecule has 1 aromatic heterocycles. The molecule has 3 aromatic rings. The van der Waals surface area contributed by atoms with Gasteiger partial charge in [0.2, 0.25) is 5.91 Å². The number of nitrogens with one attached hydrogen (secondary N) is 2. The van der Waals surface area contributed by atoms with E-state index in [1.54, 1.807) is 25.3 Å². The number of hydrogen-bond acceptors (Lipinski definition) is 6. The fourth-order valence-electron chi connectivity index (χ4n) is 3.79. The predicted octanol–water partition coefficient (Wildman–Crippen LogP) is 3.66. The third-order valence-electron chi connectivity index (χ3n) is 5.44. The Morgan fingerprint density at radius 1 is 1.19 bits per heavy atom. The van der Waals surface area contributed by atoms with Crippen LogP contribution in [-0.2, 0) is 11.3 Å². The summed E-state index contributed by atoms with van der Waals surface area (Å²) >= 11 is 0. The average molecular weight is 433 g/mol. The molecule has 1 aliphatic rings. The predicted molar refractivity (Wildman–Crippen MR) is 125 cm³/mol. The van der Waals surface area contributed by atoms with E-state index in [1.165, 1.54) is 4.90 Å². The van der Waals surface area contributed by atoms with Gasteiger partial charge in [-0.1, -0.05) is 18.2 Å². The molecule has 0 saturated carbocycles. The topological polar surface area (TPSA) is 98.3 Å². The molecular weight excluding hydrogens is 407 g/mol. The van der Waals surface area contributed by atoms with Crippen molar-refractivity contribution in [3.63, 3.8) is 0 Å². The third kappa shape index (κ3) is 4.31. The van der Waals surface area contributed by atoms with Gasteiger partial charge in [-0.05, 0) is 48.9 Å². The number of carbonyl (C=O) groups excluding carboxylic acids is 1. The molecule has 0 spiro atoms.